The van der Waals surface area contributed by atoms with Gasteiger partial charge in [0, 0.05) is 16.2 Å². The summed E-state index contributed by atoms with van der Waals surface area (Å²) in [6.45, 7) is 3.76. The van der Waals surface area contributed by atoms with Gasteiger partial charge in [-0.3, -0.25) is 0 Å². The molecule has 5 heteroatoms. The molecule has 1 aromatic heterocycles. The number of halogens is 1. The van der Waals surface area contributed by atoms with Crippen molar-refractivity contribution in [1.29, 1.82) is 0 Å². The van der Waals surface area contributed by atoms with Crippen molar-refractivity contribution >= 4 is 15.9 Å². The highest BCUT2D eigenvalue weighted by Crippen LogP contribution is 2.31. The first kappa shape index (κ1) is 14.0. The van der Waals surface area contributed by atoms with E-state index < -0.39 is 5.54 Å². The molecule has 4 nitrogen and oxygen atoms in total. The van der Waals surface area contributed by atoms with Crippen LogP contribution in [0.25, 0.3) is 11.3 Å². The molecule has 2 N–H and O–H groups in total. The molecule has 100 valence electrons. The van der Waals surface area contributed by atoms with Crippen LogP contribution in [0, 0.1) is 0 Å². The molecule has 1 aromatic carbocycles. The molecule has 2 aromatic rings. The molecule has 0 spiro atoms. The zero-order valence-corrected chi connectivity index (χ0v) is 12.7. The molecule has 0 radical (unpaired) electrons. The van der Waals surface area contributed by atoms with E-state index in [1.165, 1.54) is 0 Å². The fourth-order valence-corrected chi connectivity index (χ4v) is 2.06. The Morgan fingerprint density at radius 3 is 2.63 bits per heavy atom. The molecular weight excluding hydrogens is 306 g/mol. The molecule has 0 amide bonds. The lowest BCUT2D eigenvalue weighted by Crippen LogP contribution is -2.31. The van der Waals surface area contributed by atoms with Crippen LogP contribution >= 0.6 is 15.9 Å². The lowest BCUT2D eigenvalue weighted by Gasteiger charge is -2.17. The number of hydrogen-bond donors (Lipinski definition) is 1. The Labute approximate surface area is 121 Å². The van der Waals surface area contributed by atoms with E-state index in [0.717, 1.165) is 21.5 Å². The van der Waals surface area contributed by atoms with Crippen molar-refractivity contribution in [3.63, 3.8) is 0 Å². The Hall–Kier alpha value is -1.46. The van der Waals surface area contributed by atoms with E-state index in [2.05, 4.69) is 25.9 Å². The third-order valence-corrected chi connectivity index (χ3v) is 3.16. The van der Waals surface area contributed by atoms with Gasteiger partial charge in [-0.2, -0.15) is 0 Å². The smallest absolute Gasteiger partial charge is 0.148 e. The van der Waals surface area contributed by atoms with Gasteiger partial charge in [0.05, 0.1) is 18.3 Å². The second-order valence-electron chi connectivity index (χ2n) is 4.83. The number of aromatic nitrogens is 2. The summed E-state index contributed by atoms with van der Waals surface area (Å²) < 4.78 is 6.34. The minimum Gasteiger partial charge on any atom is -0.496 e. The minimum absolute atomic E-state index is 0.574. The molecule has 19 heavy (non-hydrogen) atoms. The van der Waals surface area contributed by atoms with Gasteiger partial charge >= 0.3 is 0 Å². The van der Waals surface area contributed by atoms with Crippen LogP contribution in [0.1, 0.15) is 19.7 Å². The fraction of sp³-hybridized carbons (Fsp3) is 0.286. The molecule has 0 aliphatic carbocycles. The Morgan fingerprint density at radius 2 is 2.00 bits per heavy atom. The van der Waals surface area contributed by atoms with E-state index in [9.17, 15) is 0 Å². The van der Waals surface area contributed by atoms with Crippen LogP contribution in [0.4, 0.5) is 0 Å². The van der Waals surface area contributed by atoms with Gasteiger partial charge in [0.25, 0.3) is 0 Å². The minimum atomic E-state index is -0.574. The first-order valence-electron chi connectivity index (χ1n) is 5.88. The van der Waals surface area contributed by atoms with Gasteiger partial charge < -0.3 is 10.5 Å². The molecule has 2 rings (SSSR count). The summed E-state index contributed by atoms with van der Waals surface area (Å²) in [5.74, 6) is 1.37. The fourth-order valence-electron chi connectivity index (χ4n) is 1.70. The van der Waals surface area contributed by atoms with Gasteiger partial charge in [0.2, 0.25) is 0 Å². The molecule has 0 fully saturated rings. The highest BCUT2D eigenvalue weighted by molar-refractivity contribution is 9.10. The molecule has 0 atom stereocenters. The van der Waals surface area contributed by atoms with E-state index in [4.69, 9.17) is 10.5 Å². The van der Waals surface area contributed by atoms with Crippen LogP contribution in [0.2, 0.25) is 0 Å². The van der Waals surface area contributed by atoms with Crippen LogP contribution in [0.3, 0.4) is 0 Å². The number of nitrogens with zero attached hydrogens (tertiary/aromatic N) is 2. The third-order valence-electron chi connectivity index (χ3n) is 2.67. The molecule has 0 unspecified atom stereocenters. The van der Waals surface area contributed by atoms with Crippen molar-refractivity contribution in [2.24, 2.45) is 5.73 Å². The summed E-state index contributed by atoms with van der Waals surface area (Å²) in [7, 11) is 1.64. The van der Waals surface area contributed by atoms with E-state index in [1.807, 2.05) is 38.1 Å². The summed E-state index contributed by atoms with van der Waals surface area (Å²) in [6, 6.07) is 7.64. The summed E-state index contributed by atoms with van der Waals surface area (Å²) in [4.78, 5) is 8.75. The van der Waals surface area contributed by atoms with Crippen LogP contribution in [-0.2, 0) is 5.54 Å². The second kappa shape index (κ2) is 5.27. The Morgan fingerprint density at radius 1 is 1.26 bits per heavy atom. The molecule has 0 saturated heterocycles. The lowest BCUT2D eigenvalue weighted by molar-refractivity contribution is 0.416. The number of nitrogens with two attached hydrogens (primary N) is 1. The molecule has 0 saturated carbocycles. The van der Waals surface area contributed by atoms with Crippen LogP contribution < -0.4 is 10.5 Å². The predicted molar refractivity (Wildman–Crippen MR) is 78.9 cm³/mol. The third kappa shape index (κ3) is 3.11. The average molecular weight is 322 g/mol. The van der Waals surface area contributed by atoms with Crippen LogP contribution in [0.5, 0.6) is 5.75 Å². The number of hydrogen-bond acceptors (Lipinski definition) is 4. The van der Waals surface area contributed by atoms with Crippen LogP contribution in [0.15, 0.2) is 34.9 Å². The zero-order chi connectivity index (χ0) is 14.0. The summed E-state index contributed by atoms with van der Waals surface area (Å²) in [5, 5.41) is 0. The maximum atomic E-state index is 6.04. The quantitative estimate of drug-likeness (QED) is 0.943. The van der Waals surface area contributed by atoms with E-state index in [1.54, 1.807) is 13.3 Å². The molecule has 0 bridgehead atoms. The van der Waals surface area contributed by atoms with Crippen molar-refractivity contribution in [1.82, 2.24) is 9.97 Å². The highest BCUT2D eigenvalue weighted by Gasteiger charge is 2.19. The maximum absolute atomic E-state index is 6.04. The summed E-state index contributed by atoms with van der Waals surface area (Å²) >= 11 is 3.46. The SMILES string of the molecule is COc1ccc(Br)cc1-c1ccnc(C(C)(C)N)n1. The van der Waals surface area contributed by atoms with Gasteiger partial charge in [-0.1, -0.05) is 15.9 Å². The molecule has 1 heterocycles. The van der Waals surface area contributed by atoms with Crippen molar-refractivity contribution in [3.05, 3.63) is 40.8 Å². The molecular formula is C14H16BrN3O. The molecule has 0 aliphatic rings. The Balaban J connectivity index is 2.56. The molecule has 0 aliphatic heterocycles. The predicted octanol–water partition coefficient (Wildman–Crippen LogP) is 3.11. The zero-order valence-electron chi connectivity index (χ0n) is 11.1. The van der Waals surface area contributed by atoms with Crippen molar-refractivity contribution in [3.8, 4) is 17.0 Å². The Bertz CT molecular complexity index is 593. The van der Waals surface area contributed by atoms with Crippen molar-refractivity contribution < 1.29 is 4.74 Å². The van der Waals surface area contributed by atoms with E-state index in [-0.39, 0.29) is 0 Å². The second-order valence-corrected chi connectivity index (χ2v) is 5.75. The van der Waals surface area contributed by atoms with Crippen molar-refractivity contribution in [2.45, 2.75) is 19.4 Å². The largest absolute Gasteiger partial charge is 0.496 e. The van der Waals surface area contributed by atoms with Gasteiger partial charge in [-0.25, -0.2) is 9.97 Å². The summed E-state index contributed by atoms with van der Waals surface area (Å²) in [5.41, 5.74) is 7.16. The van der Waals surface area contributed by atoms with Crippen molar-refractivity contribution in [2.75, 3.05) is 7.11 Å². The topological polar surface area (TPSA) is 61.0 Å². The number of methoxy groups -OCH3 is 1. The number of rotatable bonds is 3. The van der Waals surface area contributed by atoms with Gasteiger partial charge in [0.1, 0.15) is 11.6 Å². The normalized spacial score (nSPS) is 11.4. The first-order valence-corrected chi connectivity index (χ1v) is 6.67. The van der Waals surface area contributed by atoms with Gasteiger partial charge in [0.15, 0.2) is 0 Å². The number of ether oxygens (including phenoxy) is 1. The first-order chi connectivity index (χ1) is 8.91. The van der Waals surface area contributed by atoms with Crippen LogP contribution in [-0.4, -0.2) is 17.1 Å². The lowest BCUT2D eigenvalue weighted by atomic mass is 10.1. The number of benzene rings is 1. The average Bonchev–Trinajstić information content (AvgIpc) is 2.38. The van der Waals surface area contributed by atoms with E-state index >= 15 is 0 Å². The highest BCUT2D eigenvalue weighted by atomic mass is 79.9. The van der Waals surface area contributed by atoms with Gasteiger partial charge in [-0.15, -0.1) is 0 Å². The van der Waals surface area contributed by atoms with E-state index in [0.29, 0.717) is 5.82 Å². The Kier molecular flexibility index (Phi) is 3.87. The monoisotopic (exact) mass is 321 g/mol. The summed E-state index contributed by atoms with van der Waals surface area (Å²) in [6.07, 6.45) is 1.71. The standard InChI is InChI=1S/C14H16BrN3O/c1-14(2,16)13-17-7-6-11(18-13)10-8-9(15)4-5-12(10)19-3/h4-8H,16H2,1-3H3. The van der Waals surface area contributed by atoms with Gasteiger partial charge in [-0.05, 0) is 38.1 Å². The maximum Gasteiger partial charge on any atom is 0.148 e.